The topological polar surface area (TPSA) is 25.8 Å². The predicted octanol–water partition coefficient (Wildman–Crippen LogP) is 2.88. The zero-order valence-corrected chi connectivity index (χ0v) is 8.94. The lowest BCUT2D eigenvalue weighted by Gasteiger charge is -1.94. The second-order valence-corrected chi connectivity index (χ2v) is 2.70. The Morgan fingerprint density at radius 3 is 2.18 bits per heavy atom. The minimum atomic E-state index is 0.815. The van der Waals surface area contributed by atoms with E-state index in [1.807, 2.05) is 27.7 Å². The van der Waals surface area contributed by atoms with E-state index in [1.165, 1.54) is 0 Å². The summed E-state index contributed by atoms with van der Waals surface area (Å²) in [5.41, 5.74) is 0.988. The van der Waals surface area contributed by atoms with Crippen LogP contribution in [-0.2, 0) is 0 Å². The smallest absolute Gasteiger partial charge is 0.125 e. The van der Waals surface area contributed by atoms with Gasteiger partial charge in [-0.2, -0.15) is 0 Å². The van der Waals surface area contributed by atoms with Gasteiger partial charge < -0.3 is 0 Å². The molecule has 0 amide bonds. The molecule has 0 bridgehead atoms. The monoisotopic (exact) mass is 216 g/mol. The van der Waals surface area contributed by atoms with Crippen LogP contribution in [-0.4, -0.2) is 9.97 Å². The molecule has 62 valence electrons. The maximum atomic E-state index is 4.12. The van der Waals surface area contributed by atoms with Crippen molar-refractivity contribution in [1.29, 1.82) is 0 Å². The summed E-state index contributed by atoms with van der Waals surface area (Å²) in [6.07, 6.45) is 1.76. The molecule has 0 aromatic carbocycles. The highest BCUT2D eigenvalue weighted by Crippen LogP contribution is 2.10. The van der Waals surface area contributed by atoms with Gasteiger partial charge in [-0.05, 0) is 29.8 Å². The molecule has 0 saturated carbocycles. The summed E-state index contributed by atoms with van der Waals surface area (Å²) < 4.78 is 0.966. The molecule has 11 heavy (non-hydrogen) atoms. The van der Waals surface area contributed by atoms with Crippen molar-refractivity contribution in [1.82, 2.24) is 9.97 Å². The molecule has 2 nitrogen and oxygen atoms in total. The number of rotatable bonds is 0. The number of aromatic nitrogens is 2. The Morgan fingerprint density at radius 1 is 1.27 bits per heavy atom. The van der Waals surface area contributed by atoms with Crippen LogP contribution in [0.2, 0.25) is 0 Å². The molecule has 0 fully saturated rings. The average molecular weight is 217 g/mol. The SMILES string of the molecule is CC.Cc1ncc(Br)c(C)n1. The van der Waals surface area contributed by atoms with Gasteiger partial charge in [-0.25, -0.2) is 9.97 Å². The molecule has 1 aromatic rings. The number of halogens is 1. The third kappa shape index (κ3) is 3.46. The molecule has 1 heterocycles. The summed E-state index contributed by atoms with van der Waals surface area (Å²) in [6.45, 7) is 7.82. The third-order valence-electron chi connectivity index (χ3n) is 1.04. The summed E-state index contributed by atoms with van der Waals surface area (Å²) in [6, 6.07) is 0. The van der Waals surface area contributed by atoms with Crippen LogP contribution in [0.15, 0.2) is 10.7 Å². The normalized spacial score (nSPS) is 8.45. The van der Waals surface area contributed by atoms with Crippen LogP contribution in [0.5, 0.6) is 0 Å². The van der Waals surface area contributed by atoms with Crippen LogP contribution < -0.4 is 0 Å². The maximum absolute atomic E-state index is 4.12. The molecule has 0 saturated heterocycles. The Balaban J connectivity index is 0.000000461. The first-order chi connectivity index (χ1) is 5.20. The molecule has 0 aliphatic carbocycles. The Hall–Kier alpha value is -0.440. The first-order valence-corrected chi connectivity index (χ1v) is 4.45. The van der Waals surface area contributed by atoms with Crippen molar-refractivity contribution in [3.05, 3.63) is 22.2 Å². The summed E-state index contributed by atoms with van der Waals surface area (Å²) in [7, 11) is 0. The van der Waals surface area contributed by atoms with Gasteiger partial charge in [0.1, 0.15) is 5.82 Å². The van der Waals surface area contributed by atoms with Crippen molar-refractivity contribution in [2.45, 2.75) is 27.7 Å². The largest absolute Gasteiger partial charge is 0.240 e. The van der Waals surface area contributed by atoms with Gasteiger partial charge >= 0.3 is 0 Å². The second-order valence-electron chi connectivity index (χ2n) is 1.85. The van der Waals surface area contributed by atoms with E-state index >= 15 is 0 Å². The number of hydrogen-bond donors (Lipinski definition) is 0. The van der Waals surface area contributed by atoms with Crippen molar-refractivity contribution in [2.75, 3.05) is 0 Å². The number of nitrogens with zero attached hydrogens (tertiary/aromatic N) is 2. The van der Waals surface area contributed by atoms with E-state index in [-0.39, 0.29) is 0 Å². The van der Waals surface area contributed by atoms with Crippen LogP contribution in [0.4, 0.5) is 0 Å². The first-order valence-electron chi connectivity index (χ1n) is 3.66. The summed E-state index contributed by atoms with van der Waals surface area (Å²) in [5.74, 6) is 0.815. The standard InChI is InChI=1S/C6H7BrN2.C2H6/c1-4-6(7)3-8-5(2)9-4;1-2/h3H,1-2H3;1-2H3. The highest BCUT2D eigenvalue weighted by atomic mass is 79.9. The molecule has 0 atom stereocenters. The fourth-order valence-electron chi connectivity index (χ4n) is 0.568. The molecule has 1 rings (SSSR count). The van der Waals surface area contributed by atoms with Crippen molar-refractivity contribution in [3.63, 3.8) is 0 Å². The Labute approximate surface area is 76.2 Å². The van der Waals surface area contributed by atoms with Gasteiger partial charge in [0.05, 0.1) is 10.2 Å². The summed E-state index contributed by atoms with van der Waals surface area (Å²) in [5, 5.41) is 0. The molecule has 0 radical (unpaired) electrons. The lowest BCUT2D eigenvalue weighted by atomic mass is 10.4. The van der Waals surface area contributed by atoms with E-state index in [0.29, 0.717) is 0 Å². The van der Waals surface area contributed by atoms with Crippen molar-refractivity contribution < 1.29 is 0 Å². The zero-order valence-electron chi connectivity index (χ0n) is 7.35. The van der Waals surface area contributed by atoms with Crippen molar-refractivity contribution in [3.8, 4) is 0 Å². The van der Waals surface area contributed by atoms with Crippen molar-refractivity contribution in [2.24, 2.45) is 0 Å². The van der Waals surface area contributed by atoms with Crippen LogP contribution in [0, 0.1) is 13.8 Å². The molecule has 1 aromatic heterocycles. The molecule has 0 spiro atoms. The van der Waals surface area contributed by atoms with Gasteiger partial charge in [0, 0.05) is 6.20 Å². The van der Waals surface area contributed by atoms with Gasteiger partial charge in [0.25, 0.3) is 0 Å². The lowest BCUT2D eigenvalue weighted by Crippen LogP contribution is -1.89. The fraction of sp³-hybridized carbons (Fsp3) is 0.500. The minimum absolute atomic E-state index is 0.815. The predicted molar refractivity (Wildman–Crippen MR) is 50.6 cm³/mol. The van der Waals surface area contributed by atoms with E-state index in [1.54, 1.807) is 6.20 Å². The van der Waals surface area contributed by atoms with E-state index in [0.717, 1.165) is 16.0 Å². The quantitative estimate of drug-likeness (QED) is 0.667. The molecule has 0 aliphatic rings. The zero-order chi connectivity index (χ0) is 8.85. The van der Waals surface area contributed by atoms with Crippen LogP contribution in [0.25, 0.3) is 0 Å². The number of hydrogen-bond acceptors (Lipinski definition) is 2. The molecule has 3 heteroatoms. The fourth-order valence-corrected chi connectivity index (χ4v) is 0.760. The maximum Gasteiger partial charge on any atom is 0.125 e. The second kappa shape index (κ2) is 5.24. The highest BCUT2D eigenvalue weighted by molar-refractivity contribution is 9.10. The van der Waals surface area contributed by atoms with Crippen molar-refractivity contribution >= 4 is 15.9 Å². The highest BCUT2D eigenvalue weighted by Gasteiger charge is 1.93. The first kappa shape index (κ1) is 10.6. The van der Waals surface area contributed by atoms with Gasteiger partial charge in [-0.3, -0.25) is 0 Å². The van der Waals surface area contributed by atoms with Gasteiger partial charge in [0.15, 0.2) is 0 Å². The number of aryl methyl sites for hydroxylation is 2. The molecule has 0 N–H and O–H groups in total. The van der Waals surface area contributed by atoms with Crippen LogP contribution in [0.3, 0.4) is 0 Å². The van der Waals surface area contributed by atoms with E-state index in [9.17, 15) is 0 Å². The van der Waals surface area contributed by atoms with Gasteiger partial charge in [0.2, 0.25) is 0 Å². The van der Waals surface area contributed by atoms with Gasteiger partial charge in [-0.15, -0.1) is 0 Å². The molecule has 0 unspecified atom stereocenters. The summed E-state index contributed by atoms with van der Waals surface area (Å²) >= 11 is 3.30. The molecular weight excluding hydrogens is 204 g/mol. The average Bonchev–Trinajstić information content (AvgIpc) is 2.02. The minimum Gasteiger partial charge on any atom is -0.240 e. The van der Waals surface area contributed by atoms with Crippen LogP contribution >= 0.6 is 15.9 Å². The van der Waals surface area contributed by atoms with E-state index in [4.69, 9.17) is 0 Å². The van der Waals surface area contributed by atoms with E-state index in [2.05, 4.69) is 25.9 Å². The summed E-state index contributed by atoms with van der Waals surface area (Å²) in [4.78, 5) is 8.10. The molecule has 0 aliphatic heterocycles. The van der Waals surface area contributed by atoms with Crippen LogP contribution in [0.1, 0.15) is 25.4 Å². The van der Waals surface area contributed by atoms with Gasteiger partial charge in [-0.1, -0.05) is 13.8 Å². The third-order valence-corrected chi connectivity index (χ3v) is 1.82. The molecular formula is C8H13BrN2. The Kier molecular flexibility index (Phi) is 5.03. The van der Waals surface area contributed by atoms with E-state index < -0.39 is 0 Å². The Morgan fingerprint density at radius 2 is 1.82 bits per heavy atom. The lowest BCUT2D eigenvalue weighted by molar-refractivity contribution is 0.999. The Bertz CT molecular complexity index is 223.